The van der Waals surface area contributed by atoms with Crippen LogP contribution in [-0.4, -0.2) is 27.1 Å². The van der Waals surface area contributed by atoms with Gasteiger partial charge < -0.3 is 5.32 Å². The molecule has 0 aliphatic carbocycles. The number of amides is 1. The monoisotopic (exact) mass is 420 g/mol. The van der Waals surface area contributed by atoms with Crippen LogP contribution in [0.5, 0.6) is 0 Å². The van der Waals surface area contributed by atoms with Crippen LogP contribution in [0, 0.1) is 6.92 Å². The number of nitrogens with zero attached hydrogens (tertiary/aromatic N) is 1. The van der Waals surface area contributed by atoms with Crippen LogP contribution < -0.4 is 9.62 Å². The number of alkyl halides is 3. The number of carbonyl (C=O) groups is 1. The molecule has 27 heavy (non-hydrogen) atoms. The van der Waals surface area contributed by atoms with Crippen molar-refractivity contribution in [1.29, 1.82) is 0 Å². The summed E-state index contributed by atoms with van der Waals surface area (Å²) in [6.07, 6.45) is -3.78. The molecule has 0 aliphatic heterocycles. The van der Waals surface area contributed by atoms with E-state index in [1.54, 1.807) is 13.0 Å². The molecule has 0 heterocycles. The quantitative estimate of drug-likeness (QED) is 0.792. The van der Waals surface area contributed by atoms with Crippen molar-refractivity contribution in [3.05, 3.63) is 58.6 Å². The molecule has 0 radical (unpaired) electrons. The van der Waals surface area contributed by atoms with Crippen molar-refractivity contribution < 1.29 is 26.4 Å². The largest absolute Gasteiger partial charge is 0.418 e. The third-order valence-electron chi connectivity index (χ3n) is 3.64. The highest BCUT2D eigenvalue weighted by Crippen LogP contribution is 2.34. The maximum absolute atomic E-state index is 13.0. The van der Waals surface area contributed by atoms with E-state index in [1.165, 1.54) is 24.3 Å². The molecular formula is C17H16ClF3N2O3S. The first-order valence-electron chi connectivity index (χ1n) is 7.59. The lowest BCUT2D eigenvalue weighted by atomic mass is 10.1. The topological polar surface area (TPSA) is 66.5 Å². The van der Waals surface area contributed by atoms with Crippen LogP contribution in [-0.2, 0) is 21.0 Å². The van der Waals surface area contributed by atoms with Crippen LogP contribution in [0.1, 0.15) is 11.1 Å². The van der Waals surface area contributed by atoms with Crippen molar-refractivity contribution in [3.8, 4) is 0 Å². The molecule has 5 nitrogen and oxygen atoms in total. The number of anilines is 2. The fourth-order valence-electron chi connectivity index (χ4n) is 2.30. The highest BCUT2D eigenvalue weighted by Gasteiger charge is 2.33. The number of halogens is 4. The molecule has 0 aliphatic rings. The molecule has 0 unspecified atom stereocenters. The Morgan fingerprint density at radius 1 is 1.19 bits per heavy atom. The SMILES string of the molecule is Cc1ccc(N(CC(=O)Nc2ccccc2C(F)(F)F)S(C)(=O)=O)cc1Cl. The highest BCUT2D eigenvalue weighted by molar-refractivity contribution is 7.92. The lowest BCUT2D eigenvalue weighted by Crippen LogP contribution is -2.37. The molecule has 0 atom stereocenters. The molecule has 1 amide bonds. The standard InChI is InChI=1S/C17H16ClF3N2O3S/c1-11-7-8-12(9-14(11)18)23(27(2,25)26)10-16(24)22-15-6-4-3-5-13(15)17(19,20)21/h3-9H,10H2,1-2H3,(H,22,24). The fraction of sp³-hybridized carbons (Fsp3) is 0.235. The van der Waals surface area contributed by atoms with Crippen LogP contribution >= 0.6 is 11.6 Å². The van der Waals surface area contributed by atoms with Gasteiger partial charge in [-0.15, -0.1) is 0 Å². The van der Waals surface area contributed by atoms with E-state index in [4.69, 9.17) is 11.6 Å². The number of nitrogens with one attached hydrogen (secondary N) is 1. The zero-order chi connectivity index (χ0) is 20.4. The molecular weight excluding hydrogens is 405 g/mol. The second kappa shape index (κ2) is 7.77. The number of sulfonamides is 1. The van der Waals surface area contributed by atoms with Crippen molar-refractivity contribution in [3.63, 3.8) is 0 Å². The summed E-state index contributed by atoms with van der Waals surface area (Å²) >= 11 is 6.00. The highest BCUT2D eigenvalue weighted by atomic mass is 35.5. The van der Waals surface area contributed by atoms with E-state index < -0.39 is 39.9 Å². The number of para-hydroxylation sites is 1. The molecule has 2 rings (SSSR count). The third-order valence-corrected chi connectivity index (χ3v) is 5.19. The van der Waals surface area contributed by atoms with Gasteiger partial charge in [0.1, 0.15) is 6.54 Å². The van der Waals surface area contributed by atoms with Crippen LogP contribution in [0.4, 0.5) is 24.5 Å². The lowest BCUT2D eigenvalue weighted by Gasteiger charge is -2.23. The van der Waals surface area contributed by atoms with Crippen LogP contribution in [0.25, 0.3) is 0 Å². The first kappa shape index (κ1) is 21.0. The molecule has 2 aromatic rings. The average molecular weight is 421 g/mol. The van der Waals surface area contributed by atoms with Gasteiger partial charge in [0.05, 0.1) is 23.2 Å². The summed E-state index contributed by atoms with van der Waals surface area (Å²) in [5.41, 5.74) is -0.641. The Kier molecular flexibility index (Phi) is 6.06. The summed E-state index contributed by atoms with van der Waals surface area (Å²) in [4.78, 5) is 12.3. The summed E-state index contributed by atoms with van der Waals surface area (Å²) in [7, 11) is -3.88. The second-order valence-corrected chi connectivity index (χ2v) is 8.11. The van der Waals surface area contributed by atoms with Crippen molar-refractivity contribution in [2.75, 3.05) is 22.4 Å². The predicted molar refractivity (Wildman–Crippen MR) is 98.5 cm³/mol. The Bertz CT molecular complexity index is 962. The zero-order valence-electron chi connectivity index (χ0n) is 14.3. The Labute approximate surface area is 159 Å². The molecule has 0 aromatic heterocycles. The van der Waals surface area contributed by atoms with Gasteiger partial charge in [0.15, 0.2) is 0 Å². The van der Waals surface area contributed by atoms with Crippen molar-refractivity contribution in [2.24, 2.45) is 0 Å². The fourth-order valence-corrected chi connectivity index (χ4v) is 3.32. The first-order valence-corrected chi connectivity index (χ1v) is 9.82. The lowest BCUT2D eigenvalue weighted by molar-refractivity contribution is -0.137. The number of aryl methyl sites for hydroxylation is 1. The zero-order valence-corrected chi connectivity index (χ0v) is 15.9. The summed E-state index contributed by atoms with van der Waals surface area (Å²) < 4.78 is 64.0. The normalized spacial score (nSPS) is 11.9. The van der Waals surface area contributed by atoms with Crippen molar-refractivity contribution in [2.45, 2.75) is 13.1 Å². The minimum absolute atomic E-state index is 0.132. The summed E-state index contributed by atoms with van der Waals surface area (Å²) in [6, 6.07) is 8.84. The predicted octanol–water partition coefficient (Wildman–Crippen LogP) is 4.07. The Hall–Kier alpha value is -2.26. The number of hydrogen-bond donors (Lipinski definition) is 1. The molecule has 10 heteroatoms. The second-order valence-electron chi connectivity index (χ2n) is 5.79. The Morgan fingerprint density at radius 2 is 1.81 bits per heavy atom. The molecule has 0 saturated carbocycles. The average Bonchev–Trinajstić information content (AvgIpc) is 2.54. The van der Waals surface area contributed by atoms with Gasteiger partial charge in [-0.3, -0.25) is 9.10 Å². The number of rotatable bonds is 5. The molecule has 0 fully saturated rings. The minimum atomic E-state index is -4.66. The maximum atomic E-state index is 13.0. The molecule has 0 spiro atoms. The van der Waals surface area contributed by atoms with Gasteiger partial charge in [0, 0.05) is 5.02 Å². The Morgan fingerprint density at radius 3 is 2.37 bits per heavy atom. The summed E-state index contributed by atoms with van der Waals surface area (Å²) in [6.45, 7) is 1.02. The molecule has 2 aromatic carbocycles. The number of carbonyl (C=O) groups excluding carboxylic acids is 1. The van der Waals surface area contributed by atoms with E-state index in [0.717, 1.165) is 22.7 Å². The summed E-state index contributed by atoms with van der Waals surface area (Å²) in [5.74, 6) is -0.922. The van der Waals surface area contributed by atoms with Crippen molar-refractivity contribution in [1.82, 2.24) is 0 Å². The van der Waals surface area contributed by atoms with E-state index in [-0.39, 0.29) is 5.69 Å². The summed E-state index contributed by atoms with van der Waals surface area (Å²) in [5, 5.41) is 2.41. The number of benzene rings is 2. The maximum Gasteiger partial charge on any atom is 0.418 e. The molecule has 1 N–H and O–H groups in total. The van der Waals surface area contributed by atoms with E-state index in [9.17, 15) is 26.4 Å². The third kappa shape index (κ3) is 5.36. The van der Waals surface area contributed by atoms with Crippen LogP contribution in [0.3, 0.4) is 0 Å². The van der Waals surface area contributed by atoms with E-state index >= 15 is 0 Å². The van der Waals surface area contributed by atoms with Crippen LogP contribution in [0.15, 0.2) is 42.5 Å². The Balaban J connectivity index is 2.30. The molecule has 0 saturated heterocycles. The smallest absolute Gasteiger partial charge is 0.324 e. The molecule has 0 bridgehead atoms. The van der Waals surface area contributed by atoms with Gasteiger partial charge in [-0.05, 0) is 36.8 Å². The van der Waals surface area contributed by atoms with Gasteiger partial charge in [-0.1, -0.05) is 29.8 Å². The van der Waals surface area contributed by atoms with Gasteiger partial charge in [0.2, 0.25) is 15.9 Å². The van der Waals surface area contributed by atoms with Crippen molar-refractivity contribution >= 4 is 38.9 Å². The van der Waals surface area contributed by atoms with E-state index in [1.807, 2.05) is 0 Å². The van der Waals surface area contributed by atoms with E-state index in [0.29, 0.717) is 10.6 Å². The minimum Gasteiger partial charge on any atom is -0.324 e. The number of hydrogen-bond acceptors (Lipinski definition) is 3. The van der Waals surface area contributed by atoms with Gasteiger partial charge in [-0.25, -0.2) is 8.42 Å². The first-order chi connectivity index (χ1) is 12.4. The van der Waals surface area contributed by atoms with Gasteiger partial charge in [0.25, 0.3) is 0 Å². The van der Waals surface area contributed by atoms with Gasteiger partial charge >= 0.3 is 6.18 Å². The van der Waals surface area contributed by atoms with E-state index in [2.05, 4.69) is 5.32 Å². The van der Waals surface area contributed by atoms with Gasteiger partial charge in [-0.2, -0.15) is 13.2 Å². The molecule has 146 valence electrons. The van der Waals surface area contributed by atoms with Crippen LogP contribution in [0.2, 0.25) is 5.02 Å².